The molecule has 1 nitrogen and oxygen atoms in total. The van der Waals surface area contributed by atoms with Crippen LogP contribution in [-0.2, 0) is 6.54 Å². The van der Waals surface area contributed by atoms with E-state index in [4.69, 9.17) is 11.6 Å². The van der Waals surface area contributed by atoms with Crippen LogP contribution in [0.25, 0.3) is 0 Å². The average molecular weight is 212 g/mol. The van der Waals surface area contributed by atoms with Crippen LogP contribution >= 0.6 is 11.6 Å². The largest absolute Gasteiger partial charge is 0.305 e. The Hall–Kier alpha value is -0.530. The van der Waals surface area contributed by atoms with Crippen molar-refractivity contribution in [3.05, 3.63) is 34.3 Å². The summed E-state index contributed by atoms with van der Waals surface area (Å²) in [5.41, 5.74) is 2.72. The number of hydrogen-bond donors (Lipinski definition) is 0. The van der Waals surface area contributed by atoms with E-state index in [1.54, 1.807) is 0 Å². The quantitative estimate of drug-likeness (QED) is 0.740. The Kier molecular flexibility index (Phi) is 3.97. The fourth-order valence-electron chi connectivity index (χ4n) is 1.59. The van der Waals surface area contributed by atoms with Gasteiger partial charge < -0.3 is 4.90 Å². The Morgan fingerprint density at radius 2 is 1.93 bits per heavy atom. The molecule has 1 aromatic rings. The maximum atomic E-state index is 5.98. The smallest absolute Gasteiger partial charge is 0.0409 e. The van der Waals surface area contributed by atoms with Gasteiger partial charge in [0.1, 0.15) is 0 Å². The fraction of sp³-hybridized carbons (Fsp3) is 0.500. The van der Waals surface area contributed by atoms with E-state index in [-0.39, 0.29) is 0 Å². The van der Waals surface area contributed by atoms with Gasteiger partial charge in [0, 0.05) is 11.6 Å². The molecule has 78 valence electrons. The van der Waals surface area contributed by atoms with Crippen LogP contribution < -0.4 is 0 Å². The normalized spacial score (nSPS) is 11.4. The zero-order valence-electron chi connectivity index (χ0n) is 9.34. The summed E-state index contributed by atoms with van der Waals surface area (Å²) in [5, 5.41) is 0.830. The molecule has 0 amide bonds. The Morgan fingerprint density at radius 3 is 2.43 bits per heavy atom. The Morgan fingerprint density at radius 1 is 1.29 bits per heavy atom. The Balaban J connectivity index is 3.02. The van der Waals surface area contributed by atoms with Gasteiger partial charge in [0.05, 0.1) is 0 Å². The molecule has 0 N–H and O–H groups in total. The highest BCUT2D eigenvalue weighted by Gasteiger charge is 2.07. The molecule has 0 saturated carbocycles. The lowest BCUT2D eigenvalue weighted by Crippen LogP contribution is -2.12. The van der Waals surface area contributed by atoms with Crippen molar-refractivity contribution in [2.75, 3.05) is 14.1 Å². The lowest BCUT2D eigenvalue weighted by molar-refractivity contribution is 0.400. The summed E-state index contributed by atoms with van der Waals surface area (Å²) in [4.78, 5) is 2.18. The second kappa shape index (κ2) is 4.81. The van der Waals surface area contributed by atoms with E-state index in [0.29, 0.717) is 5.92 Å². The SMILES string of the molecule is CC(C)c1cc(Cl)ccc1CN(C)C. The van der Waals surface area contributed by atoms with E-state index in [1.807, 2.05) is 6.07 Å². The predicted octanol–water partition coefficient (Wildman–Crippen LogP) is 3.53. The third-order valence-electron chi connectivity index (χ3n) is 2.22. The number of hydrogen-bond acceptors (Lipinski definition) is 1. The summed E-state index contributed by atoms with van der Waals surface area (Å²) >= 11 is 5.98. The van der Waals surface area contributed by atoms with E-state index in [9.17, 15) is 0 Å². The van der Waals surface area contributed by atoms with Crippen molar-refractivity contribution in [3.63, 3.8) is 0 Å². The molecule has 0 bridgehead atoms. The highest BCUT2D eigenvalue weighted by molar-refractivity contribution is 6.30. The van der Waals surface area contributed by atoms with Gasteiger partial charge >= 0.3 is 0 Å². The summed E-state index contributed by atoms with van der Waals surface area (Å²) in [6.07, 6.45) is 0. The van der Waals surface area contributed by atoms with Crippen LogP contribution in [0.15, 0.2) is 18.2 Å². The van der Waals surface area contributed by atoms with E-state index < -0.39 is 0 Å². The molecule has 0 heterocycles. The average Bonchev–Trinajstić information content (AvgIpc) is 2.07. The van der Waals surface area contributed by atoms with Gasteiger partial charge in [0.15, 0.2) is 0 Å². The summed E-state index contributed by atoms with van der Waals surface area (Å²) in [5.74, 6) is 0.531. The molecule has 1 aromatic carbocycles. The summed E-state index contributed by atoms with van der Waals surface area (Å²) < 4.78 is 0. The van der Waals surface area contributed by atoms with Crippen LogP contribution in [0.1, 0.15) is 30.9 Å². The van der Waals surface area contributed by atoms with Gasteiger partial charge in [0.2, 0.25) is 0 Å². The van der Waals surface area contributed by atoms with Crippen LogP contribution in [0.2, 0.25) is 5.02 Å². The first kappa shape index (κ1) is 11.5. The first-order chi connectivity index (χ1) is 6.50. The minimum absolute atomic E-state index is 0.531. The predicted molar refractivity (Wildman–Crippen MR) is 62.9 cm³/mol. The summed E-state index contributed by atoms with van der Waals surface area (Å²) in [6, 6.07) is 6.16. The lowest BCUT2D eigenvalue weighted by Gasteiger charge is -2.16. The van der Waals surface area contributed by atoms with Gasteiger partial charge in [0.25, 0.3) is 0 Å². The van der Waals surface area contributed by atoms with Gasteiger partial charge in [-0.15, -0.1) is 0 Å². The standard InChI is InChI=1S/C12H18ClN/c1-9(2)12-7-11(13)6-5-10(12)8-14(3)4/h5-7,9H,8H2,1-4H3. The first-order valence-electron chi connectivity index (χ1n) is 4.93. The second-order valence-corrected chi connectivity index (χ2v) is 4.67. The molecular formula is C12H18ClN. The lowest BCUT2D eigenvalue weighted by atomic mass is 9.97. The van der Waals surface area contributed by atoms with Crippen LogP contribution in [-0.4, -0.2) is 19.0 Å². The highest BCUT2D eigenvalue weighted by atomic mass is 35.5. The van der Waals surface area contributed by atoms with Gasteiger partial charge in [-0.25, -0.2) is 0 Å². The van der Waals surface area contributed by atoms with Crippen LogP contribution in [0.4, 0.5) is 0 Å². The highest BCUT2D eigenvalue weighted by Crippen LogP contribution is 2.24. The number of rotatable bonds is 3. The summed E-state index contributed by atoms with van der Waals surface area (Å²) in [7, 11) is 4.16. The molecule has 0 spiro atoms. The molecule has 0 aliphatic rings. The van der Waals surface area contributed by atoms with Crippen molar-refractivity contribution in [2.45, 2.75) is 26.3 Å². The van der Waals surface area contributed by atoms with Crippen LogP contribution in [0.3, 0.4) is 0 Å². The van der Waals surface area contributed by atoms with Gasteiger partial charge in [-0.2, -0.15) is 0 Å². The molecule has 14 heavy (non-hydrogen) atoms. The van der Waals surface area contributed by atoms with E-state index in [0.717, 1.165) is 11.6 Å². The van der Waals surface area contributed by atoms with E-state index in [2.05, 4.69) is 45.0 Å². The minimum Gasteiger partial charge on any atom is -0.305 e. The van der Waals surface area contributed by atoms with Crippen LogP contribution in [0.5, 0.6) is 0 Å². The maximum absolute atomic E-state index is 5.98. The maximum Gasteiger partial charge on any atom is 0.0409 e. The van der Waals surface area contributed by atoms with Gasteiger partial charge in [-0.05, 0) is 43.3 Å². The van der Waals surface area contributed by atoms with Crippen LogP contribution in [0, 0.1) is 0 Å². The zero-order chi connectivity index (χ0) is 10.7. The molecule has 0 fully saturated rings. The topological polar surface area (TPSA) is 3.24 Å². The molecule has 0 radical (unpaired) electrons. The fourth-order valence-corrected chi connectivity index (χ4v) is 1.77. The molecule has 0 aliphatic heterocycles. The molecule has 0 saturated heterocycles. The van der Waals surface area contributed by atoms with Crippen molar-refractivity contribution in [3.8, 4) is 0 Å². The Bertz CT molecular complexity index is 305. The molecule has 0 atom stereocenters. The Labute approximate surface area is 91.7 Å². The van der Waals surface area contributed by atoms with E-state index >= 15 is 0 Å². The van der Waals surface area contributed by atoms with E-state index in [1.165, 1.54) is 11.1 Å². The summed E-state index contributed by atoms with van der Waals surface area (Å²) in [6.45, 7) is 5.38. The third-order valence-corrected chi connectivity index (χ3v) is 2.45. The number of nitrogens with zero attached hydrogens (tertiary/aromatic N) is 1. The molecule has 0 unspecified atom stereocenters. The number of benzene rings is 1. The monoisotopic (exact) mass is 211 g/mol. The molecule has 2 heteroatoms. The zero-order valence-corrected chi connectivity index (χ0v) is 10.1. The molecule has 1 rings (SSSR count). The van der Waals surface area contributed by atoms with Crippen molar-refractivity contribution < 1.29 is 0 Å². The second-order valence-electron chi connectivity index (χ2n) is 4.24. The molecule has 0 aromatic heterocycles. The molecule has 0 aliphatic carbocycles. The van der Waals surface area contributed by atoms with Crippen molar-refractivity contribution in [1.82, 2.24) is 4.90 Å². The van der Waals surface area contributed by atoms with Crippen molar-refractivity contribution in [2.24, 2.45) is 0 Å². The number of halogens is 1. The molecular weight excluding hydrogens is 194 g/mol. The van der Waals surface area contributed by atoms with Gasteiger partial charge in [-0.1, -0.05) is 31.5 Å². The minimum atomic E-state index is 0.531. The first-order valence-corrected chi connectivity index (χ1v) is 5.31. The van der Waals surface area contributed by atoms with Crippen molar-refractivity contribution in [1.29, 1.82) is 0 Å². The third kappa shape index (κ3) is 3.00. The van der Waals surface area contributed by atoms with Crippen molar-refractivity contribution >= 4 is 11.6 Å². The van der Waals surface area contributed by atoms with Gasteiger partial charge in [-0.3, -0.25) is 0 Å².